The van der Waals surface area contributed by atoms with Crippen molar-refractivity contribution >= 4 is 21.4 Å². The fourth-order valence-electron chi connectivity index (χ4n) is 1.62. The van der Waals surface area contributed by atoms with E-state index in [2.05, 4.69) is 35.0 Å². The third-order valence-electron chi connectivity index (χ3n) is 2.33. The molecule has 0 amide bonds. The van der Waals surface area contributed by atoms with Gasteiger partial charge in [0, 0.05) is 17.3 Å². The Bertz CT molecular complexity index is 422. The normalized spacial score (nSPS) is 13.3. The molecule has 2 nitrogen and oxygen atoms in total. The first kappa shape index (κ1) is 9.65. The van der Waals surface area contributed by atoms with Gasteiger partial charge < -0.3 is 11.1 Å². The minimum Gasteiger partial charge on any atom is -0.323 e. The summed E-state index contributed by atoms with van der Waals surface area (Å²) in [4.78, 5) is 0. The summed E-state index contributed by atoms with van der Waals surface area (Å²) in [5.74, 6) is 0. The molecule has 2 aromatic rings. The van der Waals surface area contributed by atoms with Crippen molar-refractivity contribution in [2.75, 3.05) is 13.6 Å². The average molecular weight is 206 g/mol. The van der Waals surface area contributed by atoms with E-state index < -0.39 is 0 Å². The van der Waals surface area contributed by atoms with Crippen molar-refractivity contribution in [2.24, 2.45) is 5.73 Å². The van der Waals surface area contributed by atoms with Gasteiger partial charge in [-0.15, -0.1) is 11.3 Å². The number of nitrogens with two attached hydrogens (primary N) is 1. The quantitative estimate of drug-likeness (QED) is 0.807. The van der Waals surface area contributed by atoms with Crippen LogP contribution in [-0.2, 0) is 0 Å². The predicted molar refractivity (Wildman–Crippen MR) is 62.7 cm³/mol. The molecule has 3 heteroatoms. The molecular formula is C11H14N2S. The molecule has 1 aromatic heterocycles. The van der Waals surface area contributed by atoms with Crippen molar-refractivity contribution in [3.63, 3.8) is 0 Å². The molecule has 0 radical (unpaired) electrons. The highest BCUT2D eigenvalue weighted by Crippen LogP contribution is 2.28. The summed E-state index contributed by atoms with van der Waals surface area (Å²) in [6, 6.07) is 8.49. The minimum atomic E-state index is 0.0937. The number of hydrogen-bond acceptors (Lipinski definition) is 3. The van der Waals surface area contributed by atoms with Crippen LogP contribution in [0.5, 0.6) is 0 Å². The molecule has 0 bridgehead atoms. The van der Waals surface area contributed by atoms with Crippen LogP contribution in [0.15, 0.2) is 29.6 Å². The van der Waals surface area contributed by atoms with E-state index in [4.69, 9.17) is 5.73 Å². The molecule has 0 fully saturated rings. The molecule has 0 aliphatic carbocycles. The third kappa shape index (κ3) is 1.66. The Hall–Kier alpha value is -0.900. The van der Waals surface area contributed by atoms with E-state index in [9.17, 15) is 0 Å². The average Bonchev–Trinajstić information content (AvgIpc) is 2.61. The first-order valence-corrected chi connectivity index (χ1v) is 5.57. The Kier molecular flexibility index (Phi) is 2.82. The molecule has 3 N–H and O–H groups in total. The van der Waals surface area contributed by atoms with Crippen LogP contribution in [0.3, 0.4) is 0 Å². The second-order valence-corrected chi connectivity index (χ2v) is 4.26. The summed E-state index contributed by atoms with van der Waals surface area (Å²) in [5.41, 5.74) is 7.31. The second kappa shape index (κ2) is 4.09. The first-order valence-electron chi connectivity index (χ1n) is 4.69. The van der Waals surface area contributed by atoms with Crippen molar-refractivity contribution in [2.45, 2.75) is 6.04 Å². The summed E-state index contributed by atoms with van der Waals surface area (Å²) in [6.45, 7) is 0.820. The lowest BCUT2D eigenvalue weighted by Crippen LogP contribution is -2.23. The topological polar surface area (TPSA) is 38.0 Å². The highest BCUT2D eigenvalue weighted by Gasteiger charge is 2.09. The summed E-state index contributed by atoms with van der Waals surface area (Å²) in [5, 5.41) is 6.55. The van der Waals surface area contributed by atoms with Crippen LogP contribution in [0.1, 0.15) is 11.6 Å². The van der Waals surface area contributed by atoms with Crippen LogP contribution >= 0.6 is 11.3 Å². The monoisotopic (exact) mass is 206 g/mol. The molecule has 0 saturated carbocycles. The molecule has 0 saturated heterocycles. The fraction of sp³-hybridized carbons (Fsp3) is 0.273. The van der Waals surface area contributed by atoms with Gasteiger partial charge in [-0.05, 0) is 29.4 Å². The van der Waals surface area contributed by atoms with Crippen molar-refractivity contribution in [1.82, 2.24) is 5.32 Å². The first-order chi connectivity index (χ1) is 6.83. The van der Waals surface area contributed by atoms with Gasteiger partial charge in [0.15, 0.2) is 0 Å². The van der Waals surface area contributed by atoms with Crippen molar-refractivity contribution < 1.29 is 0 Å². The molecule has 0 spiro atoms. The van der Waals surface area contributed by atoms with E-state index in [1.807, 2.05) is 7.05 Å². The van der Waals surface area contributed by atoms with E-state index >= 15 is 0 Å². The fourth-order valence-corrected chi connectivity index (χ4v) is 2.64. The van der Waals surface area contributed by atoms with Crippen LogP contribution in [0.25, 0.3) is 10.1 Å². The van der Waals surface area contributed by atoms with Crippen LogP contribution in [0.2, 0.25) is 0 Å². The third-order valence-corrected chi connectivity index (χ3v) is 3.32. The Morgan fingerprint density at radius 1 is 1.43 bits per heavy atom. The number of likely N-dealkylation sites (N-methyl/N-ethyl adjacent to an activating group) is 1. The summed E-state index contributed by atoms with van der Waals surface area (Å²) in [6.07, 6.45) is 0. The number of hydrogen-bond donors (Lipinski definition) is 2. The molecule has 1 aromatic carbocycles. The minimum absolute atomic E-state index is 0.0937. The largest absolute Gasteiger partial charge is 0.323 e. The van der Waals surface area contributed by atoms with Gasteiger partial charge in [0.2, 0.25) is 0 Å². The van der Waals surface area contributed by atoms with E-state index in [0.717, 1.165) is 6.54 Å². The van der Waals surface area contributed by atoms with Gasteiger partial charge in [-0.3, -0.25) is 0 Å². The molecule has 14 heavy (non-hydrogen) atoms. The number of rotatable bonds is 3. The van der Waals surface area contributed by atoms with Gasteiger partial charge in [0.25, 0.3) is 0 Å². The van der Waals surface area contributed by atoms with Crippen LogP contribution in [0, 0.1) is 0 Å². The zero-order valence-corrected chi connectivity index (χ0v) is 8.97. The van der Waals surface area contributed by atoms with E-state index in [1.54, 1.807) is 11.3 Å². The number of nitrogens with one attached hydrogen (secondary N) is 1. The van der Waals surface area contributed by atoms with E-state index in [0.29, 0.717) is 0 Å². The Morgan fingerprint density at radius 3 is 3.00 bits per heavy atom. The van der Waals surface area contributed by atoms with Crippen LogP contribution < -0.4 is 11.1 Å². The standard InChI is InChI=1S/C11H14N2S/c1-13-6-10(12)9-7-14-11-5-3-2-4-8(9)11/h2-5,7,10,13H,6,12H2,1H3. The predicted octanol–water partition coefficient (Wildman–Crippen LogP) is 2.12. The lowest BCUT2D eigenvalue weighted by molar-refractivity contribution is 0.658. The highest BCUT2D eigenvalue weighted by atomic mass is 32.1. The van der Waals surface area contributed by atoms with Crippen LogP contribution in [-0.4, -0.2) is 13.6 Å². The van der Waals surface area contributed by atoms with Gasteiger partial charge in [-0.25, -0.2) is 0 Å². The molecular weight excluding hydrogens is 192 g/mol. The molecule has 0 aliphatic rings. The smallest absolute Gasteiger partial charge is 0.0436 e. The van der Waals surface area contributed by atoms with Crippen molar-refractivity contribution in [1.29, 1.82) is 0 Å². The van der Waals surface area contributed by atoms with Gasteiger partial charge in [0.05, 0.1) is 0 Å². The zero-order valence-electron chi connectivity index (χ0n) is 8.16. The van der Waals surface area contributed by atoms with Gasteiger partial charge >= 0.3 is 0 Å². The van der Waals surface area contributed by atoms with Crippen molar-refractivity contribution in [3.05, 3.63) is 35.2 Å². The van der Waals surface area contributed by atoms with Gasteiger partial charge in [-0.1, -0.05) is 18.2 Å². The second-order valence-electron chi connectivity index (χ2n) is 3.35. The van der Waals surface area contributed by atoms with Crippen molar-refractivity contribution in [3.8, 4) is 0 Å². The lowest BCUT2D eigenvalue weighted by Gasteiger charge is -2.09. The summed E-state index contributed by atoms with van der Waals surface area (Å²) < 4.78 is 1.31. The Morgan fingerprint density at radius 2 is 2.21 bits per heavy atom. The Labute approximate surface area is 87.7 Å². The molecule has 1 atom stereocenters. The maximum absolute atomic E-state index is 6.06. The highest BCUT2D eigenvalue weighted by molar-refractivity contribution is 7.17. The molecule has 1 unspecified atom stereocenters. The molecule has 2 rings (SSSR count). The van der Waals surface area contributed by atoms with Crippen LogP contribution in [0.4, 0.5) is 0 Å². The Balaban J connectivity index is 2.42. The maximum atomic E-state index is 6.06. The maximum Gasteiger partial charge on any atom is 0.0436 e. The molecule has 74 valence electrons. The van der Waals surface area contributed by atoms with Gasteiger partial charge in [-0.2, -0.15) is 0 Å². The van der Waals surface area contributed by atoms with Gasteiger partial charge in [0.1, 0.15) is 0 Å². The lowest BCUT2D eigenvalue weighted by atomic mass is 10.1. The molecule has 0 aliphatic heterocycles. The molecule has 1 heterocycles. The summed E-state index contributed by atoms with van der Waals surface area (Å²) >= 11 is 1.76. The number of thiophene rings is 1. The number of fused-ring (bicyclic) bond motifs is 1. The van der Waals surface area contributed by atoms with E-state index in [1.165, 1.54) is 15.6 Å². The summed E-state index contributed by atoms with van der Waals surface area (Å²) in [7, 11) is 1.93. The SMILES string of the molecule is CNCC(N)c1csc2ccccc12. The van der Waals surface area contributed by atoms with E-state index in [-0.39, 0.29) is 6.04 Å². The number of benzene rings is 1. The zero-order chi connectivity index (χ0) is 9.97.